The SMILES string of the molecule is COc1ccc(CNc2nccc3c2c(-c2ccc(Oc4ccccc4)cc2)nn3C2CCN(C(=O)OC(C)(C)C)CC2)c(OC)c1. The molecule has 0 bridgehead atoms. The molecule has 0 aliphatic carbocycles. The molecule has 10 heteroatoms. The van der Waals surface area contributed by atoms with E-state index in [0.717, 1.165) is 69.4 Å². The molecule has 0 saturated carbocycles. The number of para-hydroxylation sites is 1. The minimum atomic E-state index is -0.533. The van der Waals surface area contributed by atoms with E-state index in [1.165, 1.54) is 0 Å². The van der Waals surface area contributed by atoms with Gasteiger partial charge in [-0.25, -0.2) is 9.78 Å². The normalized spacial score (nSPS) is 13.8. The van der Waals surface area contributed by atoms with Crippen LogP contribution in [0.3, 0.4) is 0 Å². The van der Waals surface area contributed by atoms with Crippen molar-refractivity contribution >= 4 is 22.8 Å². The summed E-state index contributed by atoms with van der Waals surface area (Å²) in [6.45, 7) is 7.34. The molecule has 3 heterocycles. The van der Waals surface area contributed by atoms with Crippen LogP contribution in [0.2, 0.25) is 0 Å². The van der Waals surface area contributed by atoms with Gasteiger partial charge in [-0.3, -0.25) is 4.68 Å². The smallest absolute Gasteiger partial charge is 0.410 e. The summed E-state index contributed by atoms with van der Waals surface area (Å²) < 4.78 is 24.8. The maximum atomic E-state index is 12.8. The van der Waals surface area contributed by atoms with Crippen molar-refractivity contribution in [2.45, 2.75) is 51.8 Å². The van der Waals surface area contributed by atoms with Gasteiger partial charge in [-0.2, -0.15) is 5.10 Å². The molecule has 244 valence electrons. The van der Waals surface area contributed by atoms with Gasteiger partial charge in [0, 0.05) is 43.0 Å². The van der Waals surface area contributed by atoms with Crippen molar-refractivity contribution in [1.82, 2.24) is 19.7 Å². The molecule has 3 aromatic carbocycles. The maximum Gasteiger partial charge on any atom is 0.410 e. The van der Waals surface area contributed by atoms with Crippen LogP contribution in [0.5, 0.6) is 23.0 Å². The van der Waals surface area contributed by atoms with Crippen LogP contribution in [0.25, 0.3) is 22.2 Å². The quantitative estimate of drug-likeness (QED) is 0.174. The average Bonchev–Trinajstić information content (AvgIpc) is 3.48. The standard InChI is InChI=1S/C37H41N5O5/c1-37(2,3)47-36(43)41-21-18-27(19-22-41)42-31-17-20-38-35(39-24-26-13-16-30(44-4)23-32(26)45-5)33(31)34(40-42)25-11-14-29(15-12-25)46-28-9-7-6-8-10-28/h6-17,20,23,27H,18-19,21-22,24H2,1-5H3,(H,38,39). The van der Waals surface area contributed by atoms with Crippen molar-refractivity contribution in [2.75, 3.05) is 32.6 Å². The van der Waals surface area contributed by atoms with Gasteiger partial charge in [-0.15, -0.1) is 0 Å². The van der Waals surface area contributed by atoms with Crippen molar-refractivity contribution < 1.29 is 23.7 Å². The summed E-state index contributed by atoms with van der Waals surface area (Å²) in [6, 6.07) is 25.6. The minimum absolute atomic E-state index is 0.0996. The molecule has 1 aliphatic heterocycles. The molecule has 1 amide bonds. The molecule has 0 unspecified atom stereocenters. The Morgan fingerprint density at radius 3 is 2.28 bits per heavy atom. The number of anilines is 1. The van der Waals surface area contributed by atoms with Gasteiger partial charge in [0.05, 0.1) is 31.2 Å². The van der Waals surface area contributed by atoms with Crippen LogP contribution in [0, 0.1) is 0 Å². The lowest BCUT2D eigenvalue weighted by Gasteiger charge is -2.33. The second kappa shape index (κ2) is 13.6. The van der Waals surface area contributed by atoms with E-state index < -0.39 is 5.60 Å². The van der Waals surface area contributed by atoms with Crippen molar-refractivity contribution in [2.24, 2.45) is 0 Å². The maximum absolute atomic E-state index is 12.8. The lowest BCUT2D eigenvalue weighted by Crippen LogP contribution is -2.42. The van der Waals surface area contributed by atoms with Crippen molar-refractivity contribution in [3.63, 3.8) is 0 Å². The largest absolute Gasteiger partial charge is 0.497 e. The Morgan fingerprint density at radius 2 is 1.60 bits per heavy atom. The molecule has 0 spiro atoms. The fraction of sp³-hybridized carbons (Fsp3) is 0.324. The Labute approximate surface area is 275 Å². The number of nitrogens with zero attached hydrogens (tertiary/aromatic N) is 4. The molecule has 6 rings (SSSR count). The summed E-state index contributed by atoms with van der Waals surface area (Å²) in [5.74, 6) is 3.69. The van der Waals surface area contributed by atoms with Gasteiger partial charge in [0.1, 0.15) is 40.1 Å². The highest BCUT2D eigenvalue weighted by molar-refractivity contribution is 6.01. The van der Waals surface area contributed by atoms with Crippen LogP contribution in [0.1, 0.15) is 45.2 Å². The van der Waals surface area contributed by atoms with Gasteiger partial charge < -0.3 is 29.2 Å². The predicted octanol–water partition coefficient (Wildman–Crippen LogP) is 8.09. The van der Waals surface area contributed by atoms with E-state index in [1.54, 1.807) is 19.1 Å². The lowest BCUT2D eigenvalue weighted by molar-refractivity contribution is 0.0186. The zero-order valence-electron chi connectivity index (χ0n) is 27.5. The molecular weight excluding hydrogens is 594 g/mol. The molecule has 1 N–H and O–H groups in total. The second-order valence-corrected chi connectivity index (χ2v) is 12.5. The van der Waals surface area contributed by atoms with E-state index in [-0.39, 0.29) is 12.1 Å². The molecule has 5 aromatic rings. The number of pyridine rings is 1. The number of amides is 1. The Kier molecular flexibility index (Phi) is 9.19. The number of ether oxygens (including phenoxy) is 4. The van der Waals surface area contributed by atoms with Crippen LogP contribution in [0.15, 0.2) is 85.1 Å². The summed E-state index contributed by atoms with van der Waals surface area (Å²) in [5, 5.41) is 9.69. The highest BCUT2D eigenvalue weighted by Gasteiger charge is 2.30. The van der Waals surface area contributed by atoms with E-state index in [4.69, 9.17) is 29.0 Å². The summed E-state index contributed by atoms with van der Waals surface area (Å²) in [4.78, 5) is 19.3. The van der Waals surface area contributed by atoms with Gasteiger partial charge in [0.2, 0.25) is 0 Å². The third-order valence-electron chi connectivity index (χ3n) is 8.13. The van der Waals surface area contributed by atoms with Gasteiger partial charge in [-0.05, 0) is 88.2 Å². The van der Waals surface area contributed by atoms with Crippen LogP contribution >= 0.6 is 0 Å². The van der Waals surface area contributed by atoms with E-state index in [0.29, 0.717) is 19.6 Å². The van der Waals surface area contributed by atoms with Crippen LogP contribution in [-0.2, 0) is 11.3 Å². The van der Waals surface area contributed by atoms with E-state index >= 15 is 0 Å². The summed E-state index contributed by atoms with van der Waals surface area (Å²) >= 11 is 0. The topological polar surface area (TPSA) is 100.0 Å². The van der Waals surface area contributed by atoms with Crippen LogP contribution in [-0.4, -0.2) is 58.7 Å². The summed E-state index contributed by atoms with van der Waals surface area (Å²) in [6.07, 6.45) is 3.05. The van der Waals surface area contributed by atoms with Crippen LogP contribution < -0.4 is 19.5 Å². The molecular formula is C37H41N5O5. The Hall–Kier alpha value is -5.25. The molecule has 1 aliphatic rings. The first-order valence-electron chi connectivity index (χ1n) is 15.9. The number of benzene rings is 3. The van der Waals surface area contributed by atoms with Crippen molar-refractivity contribution in [3.05, 3.63) is 90.6 Å². The molecule has 0 radical (unpaired) electrons. The number of aromatic nitrogens is 3. The minimum Gasteiger partial charge on any atom is -0.497 e. The zero-order chi connectivity index (χ0) is 33.0. The Balaban J connectivity index is 1.32. The highest BCUT2D eigenvalue weighted by atomic mass is 16.6. The van der Waals surface area contributed by atoms with Gasteiger partial charge in [0.25, 0.3) is 0 Å². The van der Waals surface area contributed by atoms with E-state index in [2.05, 4.69) is 10.00 Å². The lowest BCUT2D eigenvalue weighted by atomic mass is 10.0. The number of nitrogens with one attached hydrogen (secondary N) is 1. The van der Waals surface area contributed by atoms with E-state index in [1.807, 2.05) is 106 Å². The van der Waals surface area contributed by atoms with Crippen molar-refractivity contribution in [3.8, 4) is 34.3 Å². The van der Waals surface area contributed by atoms with Gasteiger partial charge >= 0.3 is 6.09 Å². The second-order valence-electron chi connectivity index (χ2n) is 12.5. The third-order valence-corrected chi connectivity index (χ3v) is 8.13. The zero-order valence-corrected chi connectivity index (χ0v) is 27.5. The Bertz CT molecular complexity index is 1820. The number of carbonyl (C=O) groups excluding carboxylic acids is 1. The molecule has 10 nitrogen and oxygen atoms in total. The number of piperidine rings is 1. The first kappa shape index (κ1) is 31.7. The average molecular weight is 636 g/mol. The van der Waals surface area contributed by atoms with Crippen LogP contribution in [0.4, 0.5) is 10.6 Å². The monoisotopic (exact) mass is 635 g/mol. The molecule has 0 atom stereocenters. The summed E-state index contributed by atoms with van der Waals surface area (Å²) in [7, 11) is 3.29. The van der Waals surface area contributed by atoms with Gasteiger partial charge in [-0.1, -0.05) is 18.2 Å². The molecule has 2 aromatic heterocycles. The number of methoxy groups -OCH3 is 2. The first-order chi connectivity index (χ1) is 22.7. The van der Waals surface area contributed by atoms with E-state index in [9.17, 15) is 4.79 Å². The number of fused-ring (bicyclic) bond motifs is 1. The number of likely N-dealkylation sites (tertiary alicyclic amines) is 1. The van der Waals surface area contributed by atoms with Gasteiger partial charge in [0.15, 0.2) is 0 Å². The number of hydrogen-bond acceptors (Lipinski definition) is 8. The fourth-order valence-electron chi connectivity index (χ4n) is 5.80. The fourth-order valence-corrected chi connectivity index (χ4v) is 5.80. The predicted molar refractivity (Wildman–Crippen MR) is 182 cm³/mol. The number of hydrogen-bond donors (Lipinski definition) is 1. The molecule has 1 fully saturated rings. The molecule has 47 heavy (non-hydrogen) atoms. The first-order valence-corrected chi connectivity index (χ1v) is 15.9. The number of rotatable bonds is 9. The van der Waals surface area contributed by atoms with Crippen molar-refractivity contribution in [1.29, 1.82) is 0 Å². The molecule has 1 saturated heterocycles. The summed E-state index contributed by atoms with van der Waals surface area (Å²) in [5.41, 5.74) is 3.17. The third kappa shape index (κ3) is 7.27. The Morgan fingerprint density at radius 1 is 0.894 bits per heavy atom. The number of carbonyl (C=O) groups is 1. The highest BCUT2D eigenvalue weighted by Crippen LogP contribution is 2.37.